The highest BCUT2D eigenvalue weighted by molar-refractivity contribution is 5.97. The van der Waals surface area contributed by atoms with Crippen molar-refractivity contribution in [2.75, 3.05) is 44.2 Å². The van der Waals surface area contributed by atoms with Gasteiger partial charge in [-0.3, -0.25) is 14.3 Å². The molecule has 0 bridgehead atoms. The summed E-state index contributed by atoms with van der Waals surface area (Å²) in [4.78, 5) is 20.0. The monoisotopic (exact) mass is 425 g/mol. The molecule has 31 heavy (non-hydrogen) atoms. The minimum atomic E-state index is -0.218. The number of piperazine rings is 1. The van der Waals surface area contributed by atoms with Gasteiger partial charge >= 0.3 is 0 Å². The van der Waals surface area contributed by atoms with Gasteiger partial charge in [0.05, 0.1) is 0 Å². The van der Waals surface area contributed by atoms with Gasteiger partial charge < -0.3 is 15.0 Å². The summed E-state index contributed by atoms with van der Waals surface area (Å²) < 4.78 is 17.8. The maximum atomic E-state index is 13.2. The molecule has 1 amide bonds. The second-order valence-corrected chi connectivity index (χ2v) is 8.18. The number of piperidine rings is 1. The number of amides is 1. The second-order valence-electron chi connectivity index (χ2n) is 8.18. The van der Waals surface area contributed by atoms with E-state index in [2.05, 4.69) is 19.6 Å². The quantitative estimate of drug-likeness (QED) is 0.598. The molecule has 162 valence electrons. The highest BCUT2D eigenvalue weighted by Gasteiger charge is 2.30. The zero-order valence-corrected chi connectivity index (χ0v) is 17.1. The van der Waals surface area contributed by atoms with Crippen molar-refractivity contribution in [1.29, 1.82) is 0 Å². The Labute approximate surface area is 179 Å². The molecule has 2 fully saturated rings. The summed E-state index contributed by atoms with van der Waals surface area (Å²) in [5.41, 5.74) is 2.26. The van der Waals surface area contributed by atoms with E-state index >= 15 is 0 Å². The molecule has 1 aromatic heterocycles. The van der Waals surface area contributed by atoms with E-state index in [-0.39, 0.29) is 11.7 Å². The normalized spacial score (nSPS) is 20.4. The van der Waals surface area contributed by atoms with Crippen LogP contribution in [-0.4, -0.2) is 66.2 Å². The topological polar surface area (TPSA) is 79.8 Å². The molecule has 0 aliphatic carbocycles. The smallest absolute Gasteiger partial charge is 0.254 e. The van der Waals surface area contributed by atoms with Crippen molar-refractivity contribution in [3.05, 3.63) is 59.1 Å². The molecule has 1 atom stereocenters. The van der Waals surface area contributed by atoms with Crippen molar-refractivity contribution in [2.24, 2.45) is 0 Å². The Morgan fingerprint density at radius 1 is 1.10 bits per heavy atom. The molecule has 0 saturated carbocycles. The summed E-state index contributed by atoms with van der Waals surface area (Å²) >= 11 is 0. The summed E-state index contributed by atoms with van der Waals surface area (Å²) in [5.74, 6) is -0.263. The Kier molecular flexibility index (Phi) is 5.19. The predicted octanol–water partition coefficient (Wildman–Crippen LogP) is 2.03. The van der Waals surface area contributed by atoms with Gasteiger partial charge in [0.1, 0.15) is 5.82 Å². The highest BCUT2D eigenvalue weighted by atomic mass is 19.1. The molecule has 2 aliphatic heterocycles. The van der Waals surface area contributed by atoms with Gasteiger partial charge in [0.25, 0.3) is 5.91 Å². The summed E-state index contributed by atoms with van der Waals surface area (Å²) in [7, 11) is 0. The van der Waals surface area contributed by atoms with E-state index < -0.39 is 0 Å². The van der Waals surface area contributed by atoms with Crippen molar-refractivity contribution in [3.63, 3.8) is 0 Å². The van der Waals surface area contributed by atoms with Crippen LogP contribution in [0.3, 0.4) is 0 Å². The lowest BCUT2D eigenvalue weighted by atomic mass is 10.0. The maximum absolute atomic E-state index is 13.2. The van der Waals surface area contributed by atoms with Crippen LogP contribution in [0, 0.1) is 11.0 Å². The van der Waals surface area contributed by atoms with Gasteiger partial charge in [-0.15, -0.1) is 0 Å². The number of hydrogen-bond donors (Lipinski definition) is 0. The van der Waals surface area contributed by atoms with Crippen molar-refractivity contribution in [2.45, 2.75) is 18.9 Å². The molecule has 0 N–H and O–H groups in total. The number of hydrogen-bond acceptors (Lipinski definition) is 6. The van der Waals surface area contributed by atoms with Crippen LogP contribution in [0.15, 0.2) is 47.1 Å². The van der Waals surface area contributed by atoms with Gasteiger partial charge in [-0.1, -0.05) is 0 Å². The van der Waals surface area contributed by atoms with Gasteiger partial charge in [0.2, 0.25) is 11.0 Å². The number of benzene rings is 2. The lowest BCUT2D eigenvalue weighted by Crippen LogP contribution is -2.55. The maximum Gasteiger partial charge on any atom is 0.254 e. The van der Waals surface area contributed by atoms with E-state index in [4.69, 9.17) is 0 Å². The first-order valence-corrected chi connectivity index (χ1v) is 10.6. The summed E-state index contributed by atoms with van der Waals surface area (Å²) in [5, 5.41) is 15.2. The standard InChI is InChI=1S/C22H24FN5O3/c23-17-4-6-18(7-5-17)25-10-12-26(13-11-25)19-2-1-9-27(15-19)22(29)16-3-8-21-20(14-16)24-31-28(21)30/h3-8,14,19H,1-2,9-13,15H2/t19-/m1/s1. The number of halogens is 1. The number of carbonyl (C=O) groups is 1. The number of rotatable bonds is 3. The van der Waals surface area contributed by atoms with Crippen LogP contribution in [0.5, 0.6) is 0 Å². The number of aromatic nitrogens is 2. The van der Waals surface area contributed by atoms with Crippen LogP contribution in [0.4, 0.5) is 10.1 Å². The molecular weight excluding hydrogens is 401 g/mol. The van der Waals surface area contributed by atoms with E-state index in [0.29, 0.717) is 34.1 Å². The van der Waals surface area contributed by atoms with Crippen molar-refractivity contribution in [1.82, 2.24) is 15.0 Å². The first kappa shape index (κ1) is 19.7. The Morgan fingerprint density at radius 2 is 1.87 bits per heavy atom. The Balaban J connectivity index is 1.22. The number of carbonyl (C=O) groups excluding carboxylic acids is 1. The van der Waals surface area contributed by atoms with Gasteiger partial charge in [0, 0.05) is 67.8 Å². The largest absolute Gasteiger partial charge is 0.369 e. The fourth-order valence-corrected chi connectivity index (χ4v) is 4.63. The van der Waals surface area contributed by atoms with Crippen LogP contribution in [0.2, 0.25) is 0 Å². The molecule has 2 aliphatic rings. The van der Waals surface area contributed by atoms with Crippen molar-refractivity contribution in [3.8, 4) is 0 Å². The Bertz CT molecular complexity index is 1080. The number of nitrogens with zero attached hydrogens (tertiary/aromatic N) is 5. The van der Waals surface area contributed by atoms with Crippen LogP contribution in [-0.2, 0) is 0 Å². The minimum absolute atomic E-state index is 0.0444. The van der Waals surface area contributed by atoms with Crippen LogP contribution >= 0.6 is 0 Å². The van der Waals surface area contributed by atoms with Gasteiger partial charge in [0.15, 0.2) is 0 Å². The molecule has 2 aromatic carbocycles. The fourth-order valence-electron chi connectivity index (χ4n) is 4.63. The molecule has 0 unspecified atom stereocenters. The third-order valence-corrected chi connectivity index (χ3v) is 6.34. The first-order chi connectivity index (χ1) is 15.1. The van der Waals surface area contributed by atoms with Crippen molar-refractivity contribution >= 4 is 22.6 Å². The van der Waals surface area contributed by atoms with Crippen LogP contribution in [0.25, 0.3) is 11.0 Å². The van der Waals surface area contributed by atoms with E-state index in [1.807, 2.05) is 17.0 Å². The van der Waals surface area contributed by atoms with Crippen molar-refractivity contribution < 1.29 is 18.7 Å². The molecular formula is C22H24FN5O3. The number of likely N-dealkylation sites (tertiary alicyclic amines) is 1. The molecule has 3 aromatic rings. The lowest BCUT2D eigenvalue weighted by Gasteiger charge is -2.44. The molecule has 0 spiro atoms. The van der Waals surface area contributed by atoms with Crippen LogP contribution in [0.1, 0.15) is 23.2 Å². The summed E-state index contributed by atoms with van der Waals surface area (Å²) in [6.07, 6.45) is 2.03. The second kappa shape index (κ2) is 8.14. The van der Waals surface area contributed by atoms with Gasteiger partial charge in [-0.05, 0) is 54.1 Å². The molecule has 5 rings (SSSR count). The SMILES string of the molecule is O=C(c1ccc2c(c1)no[n+]2[O-])N1CCC[C@@H](N2CCN(c3ccc(F)cc3)CC2)C1. The average molecular weight is 425 g/mol. The van der Waals surface area contributed by atoms with Gasteiger partial charge in [-0.25, -0.2) is 4.39 Å². The fraction of sp³-hybridized carbons (Fsp3) is 0.409. The van der Waals surface area contributed by atoms with Gasteiger partial charge in [-0.2, -0.15) is 0 Å². The Hall–Kier alpha value is -3.20. The third kappa shape index (κ3) is 3.93. The Morgan fingerprint density at radius 3 is 2.65 bits per heavy atom. The zero-order valence-electron chi connectivity index (χ0n) is 17.1. The molecule has 8 nitrogen and oxygen atoms in total. The minimum Gasteiger partial charge on any atom is -0.369 e. The molecule has 0 radical (unpaired) electrons. The molecule has 2 saturated heterocycles. The molecule has 3 heterocycles. The number of fused-ring (bicyclic) bond motifs is 1. The van der Waals surface area contributed by atoms with E-state index in [1.54, 1.807) is 18.2 Å². The van der Waals surface area contributed by atoms with E-state index in [0.717, 1.165) is 51.3 Å². The van der Waals surface area contributed by atoms with E-state index in [9.17, 15) is 14.4 Å². The van der Waals surface area contributed by atoms with Crippen LogP contribution < -0.4 is 9.80 Å². The summed E-state index contributed by atoms with van der Waals surface area (Å²) in [6.45, 7) is 5.01. The molecule has 9 heteroatoms. The number of anilines is 1. The average Bonchev–Trinajstić information content (AvgIpc) is 3.19. The predicted molar refractivity (Wildman–Crippen MR) is 112 cm³/mol. The zero-order chi connectivity index (χ0) is 21.4. The van der Waals surface area contributed by atoms with E-state index in [1.165, 1.54) is 12.1 Å². The highest BCUT2D eigenvalue weighted by Crippen LogP contribution is 2.23. The lowest BCUT2D eigenvalue weighted by molar-refractivity contribution is -0.782. The third-order valence-electron chi connectivity index (χ3n) is 6.34. The summed E-state index contributed by atoms with van der Waals surface area (Å²) in [6, 6.07) is 11.8. The first-order valence-electron chi connectivity index (χ1n) is 10.6.